The minimum Gasteiger partial charge on any atom is -0.355 e. The summed E-state index contributed by atoms with van der Waals surface area (Å²) in [6.45, 7) is 4.52. The minimum absolute atomic E-state index is 0.518. The summed E-state index contributed by atoms with van der Waals surface area (Å²) in [5.74, 6) is 0.806. The van der Waals surface area contributed by atoms with Crippen LogP contribution in [-0.4, -0.2) is 46.9 Å². The molecule has 0 atom stereocenters. The second-order valence-electron chi connectivity index (χ2n) is 3.85. The lowest BCUT2D eigenvalue weighted by Crippen LogP contribution is -2.31. The van der Waals surface area contributed by atoms with Gasteiger partial charge in [0.25, 0.3) is 0 Å². The van der Waals surface area contributed by atoms with Gasteiger partial charge in [-0.2, -0.15) is 8.75 Å². The number of rotatable bonds is 4. The molecule has 0 spiro atoms. The molecule has 2 rings (SSSR count). The highest BCUT2D eigenvalue weighted by atomic mass is 35.5. The third-order valence-corrected chi connectivity index (χ3v) is 3.62. The molecule has 1 aliphatic heterocycles. The lowest BCUT2D eigenvalue weighted by molar-refractivity contribution is 0.346. The van der Waals surface area contributed by atoms with Gasteiger partial charge in [-0.05, 0) is 25.9 Å². The predicted octanol–water partition coefficient (Wildman–Crippen LogP) is 1.72. The number of nitrogens with zero attached hydrogens (tertiary/aromatic N) is 4. The molecule has 1 aromatic heterocycles. The average Bonchev–Trinajstić information content (AvgIpc) is 2.84. The van der Waals surface area contributed by atoms with E-state index >= 15 is 0 Å². The first-order chi connectivity index (χ1) is 7.27. The average molecular weight is 247 g/mol. The lowest BCUT2D eigenvalue weighted by Gasteiger charge is -2.20. The van der Waals surface area contributed by atoms with E-state index in [0.717, 1.165) is 18.9 Å². The first kappa shape index (κ1) is 11.1. The molecule has 0 aromatic carbocycles. The van der Waals surface area contributed by atoms with Gasteiger partial charge in [-0.15, -0.1) is 0 Å². The highest BCUT2D eigenvalue weighted by Crippen LogP contribution is 2.21. The molecule has 0 N–H and O–H groups in total. The van der Waals surface area contributed by atoms with E-state index in [9.17, 15) is 0 Å². The minimum atomic E-state index is 0.518. The van der Waals surface area contributed by atoms with E-state index in [1.54, 1.807) is 0 Å². The Bertz CT molecular complexity index is 311. The second-order valence-corrected chi connectivity index (χ2v) is 4.74. The molecule has 1 aliphatic rings. The van der Waals surface area contributed by atoms with Gasteiger partial charge in [0.15, 0.2) is 11.0 Å². The molecule has 2 heterocycles. The molecule has 0 bridgehead atoms. The van der Waals surface area contributed by atoms with Crippen LogP contribution in [0.5, 0.6) is 0 Å². The number of likely N-dealkylation sites (tertiary alicyclic amines) is 1. The normalized spacial score (nSPS) is 17.2. The zero-order valence-electron chi connectivity index (χ0n) is 8.82. The molecule has 0 radical (unpaired) electrons. The maximum atomic E-state index is 5.91. The van der Waals surface area contributed by atoms with Crippen molar-refractivity contribution in [1.82, 2.24) is 13.6 Å². The number of aromatic nitrogens is 2. The van der Waals surface area contributed by atoms with Crippen molar-refractivity contribution in [3.63, 3.8) is 0 Å². The first-order valence-corrected chi connectivity index (χ1v) is 6.30. The van der Waals surface area contributed by atoms with Crippen LogP contribution < -0.4 is 4.90 Å². The van der Waals surface area contributed by atoms with Crippen molar-refractivity contribution in [2.45, 2.75) is 12.8 Å². The van der Waals surface area contributed by atoms with Crippen molar-refractivity contribution >= 4 is 29.1 Å². The molecular weight excluding hydrogens is 232 g/mol. The molecular formula is C9H15ClN4S. The van der Waals surface area contributed by atoms with Crippen molar-refractivity contribution in [1.29, 1.82) is 0 Å². The topological polar surface area (TPSA) is 32.3 Å². The van der Waals surface area contributed by atoms with Crippen LogP contribution in [0.1, 0.15) is 12.8 Å². The van der Waals surface area contributed by atoms with Crippen molar-refractivity contribution in [3.05, 3.63) is 5.15 Å². The van der Waals surface area contributed by atoms with E-state index in [-0.39, 0.29) is 0 Å². The molecule has 4 nitrogen and oxygen atoms in total. The van der Waals surface area contributed by atoms with Crippen LogP contribution in [0.25, 0.3) is 0 Å². The fourth-order valence-corrected chi connectivity index (χ4v) is 2.63. The second kappa shape index (κ2) is 5.09. The Morgan fingerprint density at radius 2 is 2.13 bits per heavy atom. The quantitative estimate of drug-likeness (QED) is 0.810. The smallest absolute Gasteiger partial charge is 0.187 e. The SMILES string of the molecule is CN(CCN1CCCC1)c1nsnc1Cl. The van der Waals surface area contributed by atoms with E-state index in [0.29, 0.717) is 5.15 Å². The number of anilines is 1. The van der Waals surface area contributed by atoms with Crippen LogP contribution in [0.4, 0.5) is 5.82 Å². The van der Waals surface area contributed by atoms with E-state index in [4.69, 9.17) is 11.6 Å². The molecule has 15 heavy (non-hydrogen) atoms. The largest absolute Gasteiger partial charge is 0.355 e. The fourth-order valence-electron chi connectivity index (χ4n) is 1.80. The van der Waals surface area contributed by atoms with Crippen molar-refractivity contribution in [2.75, 3.05) is 38.1 Å². The van der Waals surface area contributed by atoms with Crippen LogP contribution in [-0.2, 0) is 0 Å². The van der Waals surface area contributed by atoms with Crippen LogP contribution in [0, 0.1) is 0 Å². The van der Waals surface area contributed by atoms with Gasteiger partial charge in [-0.25, -0.2) is 0 Å². The summed E-state index contributed by atoms with van der Waals surface area (Å²) in [5.41, 5.74) is 0. The summed E-state index contributed by atoms with van der Waals surface area (Å²) in [7, 11) is 2.01. The number of hydrogen-bond donors (Lipinski definition) is 0. The molecule has 84 valence electrons. The summed E-state index contributed by atoms with van der Waals surface area (Å²) in [6, 6.07) is 0. The Kier molecular flexibility index (Phi) is 3.77. The van der Waals surface area contributed by atoms with Gasteiger partial charge in [0, 0.05) is 20.1 Å². The van der Waals surface area contributed by atoms with Gasteiger partial charge in [-0.1, -0.05) is 11.6 Å². The lowest BCUT2D eigenvalue weighted by atomic mass is 10.4. The summed E-state index contributed by atoms with van der Waals surface area (Å²) in [4.78, 5) is 4.55. The number of hydrogen-bond acceptors (Lipinski definition) is 5. The Hall–Kier alpha value is -0.390. The first-order valence-electron chi connectivity index (χ1n) is 5.19. The Balaban J connectivity index is 1.81. The highest BCUT2D eigenvalue weighted by molar-refractivity contribution is 6.99. The Morgan fingerprint density at radius 3 is 2.73 bits per heavy atom. The van der Waals surface area contributed by atoms with E-state index in [1.165, 1.54) is 37.7 Å². The molecule has 6 heteroatoms. The third kappa shape index (κ3) is 2.80. The van der Waals surface area contributed by atoms with Gasteiger partial charge in [0.2, 0.25) is 0 Å². The van der Waals surface area contributed by atoms with Crippen LogP contribution in [0.15, 0.2) is 0 Å². The highest BCUT2D eigenvalue weighted by Gasteiger charge is 2.14. The fraction of sp³-hybridized carbons (Fsp3) is 0.778. The molecule has 0 saturated carbocycles. The summed E-state index contributed by atoms with van der Waals surface area (Å²) < 4.78 is 8.13. The van der Waals surface area contributed by atoms with Crippen molar-refractivity contribution in [3.8, 4) is 0 Å². The Morgan fingerprint density at radius 1 is 1.40 bits per heavy atom. The summed E-state index contributed by atoms with van der Waals surface area (Å²) in [5, 5.41) is 0.518. The standard InChI is InChI=1S/C9H15ClN4S/c1-13(9-8(10)11-15-12-9)6-7-14-4-2-3-5-14/h2-7H2,1H3. The molecule has 1 saturated heterocycles. The van der Waals surface area contributed by atoms with E-state index < -0.39 is 0 Å². The number of halogens is 1. The van der Waals surface area contributed by atoms with Crippen molar-refractivity contribution in [2.24, 2.45) is 0 Å². The van der Waals surface area contributed by atoms with E-state index in [2.05, 4.69) is 18.5 Å². The zero-order valence-corrected chi connectivity index (χ0v) is 10.4. The number of likely N-dealkylation sites (N-methyl/N-ethyl adjacent to an activating group) is 1. The van der Waals surface area contributed by atoms with Gasteiger partial charge >= 0.3 is 0 Å². The molecule has 1 fully saturated rings. The molecule has 0 amide bonds. The predicted molar refractivity (Wildman–Crippen MR) is 63.9 cm³/mol. The zero-order chi connectivity index (χ0) is 10.7. The van der Waals surface area contributed by atoms with Crippen LogP contribution in [0.2, 0.25) is 5.15 Å². The van der Waals surface area contributed by atoms with Crippen molar-refractivity contribution < 1.29 is 0 Å². The maximum absolute atomic E-state index is 5.91. The van der Waals surface area contributed by atoms with Crippen LogP contribution >= 0.6 is 23.3 Å². The summed E-state index contributed by atoms with van der Waals surface area (Å²) in [6.07, 6.45) is 2.67. The van der Waals surface area contributed by atoms with Gasteiger partial charge < -0.3 is 9.80 Å². The van der Waals surface area contributed by atoms with Gasteiger partial charge in [0.05, 0.1) is 11.7 Å². The summed E-state index contributed by atoms with van der Waals surface area (Å²) >= 11 is 7.08. The van der Waals surface area contributed by atoms with E-state index in [1.807, 2.05) is 7.05 Å². The molecule has 0 unspecified atom stereocenters. The molecule has 1 aromatic rings. The maximum Gasteiger partial charge on any atom is 0.187 e. The van der Waals surface area contributed by atoms with Gasteiger partial charge in [-0.3, -0.25) is 0 Å². The van der Waals surface area contributed by atoms with Crippen LogP contribution in [0.3, 0.4) is 0 Å². The monoisotopic (exact) mass is 246 g/mol. The van der Waals surface area contributed by atoms with Gasteiger partial charge in [0.1, 0.15) is 0 Å². The Labute approximate surface area is 99.2 Å². The molecule has 0 aliphatic carbocycles. The third-order valence-electron chi connectivity index (χ3n) is 2.74.